The molecule has 188 valence electrons. The molecule has 0 aromatic heterocycles. The zero-order valence-corrected chi connectivity index (χ0v) is 20.2. The normalized spacial score (nSPS) is 20.4. The maximum atomic E-state index is 11.1. The highest BCUT2D eigenvalue weighted by atomic mass is 16.5. The predicted molar refractivity (Wildman–Crippen MR) is 142 cm³/mol. The van der Waals surface area contributed by atoms with Crippen LogP contribution in [0.25, 0.3) is 0 Å². The minimum Gasteiger partial charge on any atom is -0.463 e. The van der Waals surface area contributed by atoms with E-state index < -0.39 is 5.60 Å². The Morgan fingerprint density at radius 3 is 2.11 bits per heavy atom. The smallest absolute Gasteiger partial charge is 0.293 e. The molecule has 7 nitrogen and oxygen atoms in total. The summed E-state index contributed by atoms with van der Waals surface area (Å²) in [6.07, 6.45) is 4.28. The van der Waals surface area contributed by atoms with E-state index >= 15 is 0 Å². The van der Waals surface area contributed by atoms with Crippen molar-refractivity contribution < 1.29 is 23.8 Å². The summed E-state index contributed by atoms with van der Waals surface area (Å²) in [6.45, 7) is 0.968. The van der Waals surface area contributed by atoms with E-state index in [1.165, 1.54) is 0 Å². The molecule has 3 atom stereocenters. The molecule has 0 fully saturated rings. The highest BCUT2D eigenvalue weighted by molar-refractivity contribution is 5.60. The summed E-state index contributed by atoms with van der Waals surface area (Å²) in [5.74, 6) is 0. The molecule has 0 radical (unpaired) electrons. The number of carbonyl (C=O) groups excluding carboxylic acids is 2. The molecule has 0 spiro atoms. The van der Waals surface area contributed by atoms with Crippen LogP contribution in [0.2, 0.25) is 0 Å². The van der Waals surface area contributed by atoms with Crippen molar-refractivity contribution in [3.63, 3.8) is 0 Å². The van der Waals surface area contributed by atoms with Crippen molar-refractivity contribution in [2.75, 3.05) is 23.8 Å². The Bertz CT molecular complexity index is 1270. The average Bonchev–Trinajstić information content (AvgIpc) is 3.50. The van der Waals surface area contributed by atoms with Gasteiger partial charge in [0.25, 0.3) is 12.9 Å². The first-order chi connectivity index (χ1) is 18.2. The fourth-order valence-electron chi connectivity index (χ4n) is 5.02. The van der Waals surface area contributed by atoms with E-state index in [4.69, 9.17) is 14.2 Å². The van der Waals surface area contributed by atoms with E-state index in [0.29, 0.717) is 19.4 Å². The first kappa shape index (κ1) is 24.3. The SMILES string of the molecule is O=COCC1=C(COC=O)C2(C(Cc3ccc(Nc4ccccc4)cc3)Nc3ccccc3)C=CC1O2. The van der Waals surface area contributed by atoms with Crippen LogP contribution < -0.4 is 10.6 Å². The van der Waals surface area contributed by atoms with E-state index in [1.807, 2.05) is 72.8 Å². The molecule has 2 heterocycles. The maximum absolute atomic E-state index is 11.1. The van der Waals surface area contributed by atoms with Gasteiger partial charge < -0.3 is 24.8 Å². The van der Waals surface area contributed by atoms with Crippen molar-refractivity contribution in [3.05, 3.63) is 114 Å². The number of rotatable bonds is 13. The summed E-state index contributed by atoms with van der Waals surface area (Å²) in [5.41, 5.74) is 4.80. The standard InChI is InChI=1S/C30H28N2O5/c33-20-35-18-26-27(19-36-21-34)30(16-15-28(26)37-30)29(32-24-9-5-2-6-10-24)17-22-11-13-25(14-12-22)31-23-7-3-1-4-8-23/h1-16,20-21,28-29,31-32H,17-19H2. The Morgan fingerprint density at radius 1 is 0.811 bits per heavy atom. The van der Waals surface area contributed by atoms with E-state index in [1.54, 1.807) is 0 Å². The van der Waals surface area contributed by atoms with Gasteiger partial charge in [-0.2, -0.15) is 0 Å². The number of hydrogen-bond donors (Lipinski definition) is 2. The molecule has 0 saturated carbocycles. The van der Waals surface area contributed by atoms with Crippen LogP contribution in [0.1, 0.15) is 5.56 Å². The van der Waals surface area contributed by atoms with Gasteiger partial charge in [-0.05, 0) is 54.5 Å². The third-order valence-electron chi connectivity index (χ3n) is 6.73. The number of fused-ring (bicyclic) bond motifs is 2. The number of hydrogen-bond acceptors (Lipinski definition) is 7. The number of ether oxygens (including phenoxy) is 3. The van der Waals surface area contributed by atoms with Crippen LogP contribution >= 0.6 is 0 Å². The largest absolute Gasteiger partial charge is 0.463 e. The highest BCUT2D eigenvalue weighted by Gasteiger charge is 2.53. The summed E-state index contributed by atoms with van der Waals surface area (Å²) >= 11 is 0. The molecule has 0 saturated heterocycles. The Balaban J connectivity index is 1.45. The van der Waals surface area contributed by atoms with E-state index in [0.717, 1.165) is 33.8 Å². The van der Waals surface area contributed by atoms with Crippen molar-refractivity contribution in [1.29, 1.82) is 0 Å². The summed E-state index contributed by atoms with van der Waals surface area (Å²) < 4.78 is 16.8. The molecule has 0 amide bonds. The summed E-state index contributed by atoms with van der Waals surface area (Å²) in [7, 11) is 0. The zero-order chi connectivity index (χ0) is 25.5. The lowest BCUT2D eigenvalue weighted by molar-refractivity contribution is -0.129. The quantitative estimate of drug-likeness (QED) is 0.260. The first-order valence-electron chi connectivity index (χ1n) is 12.1. The second kappa shape index (κ2) is 11.1. The predicted octanol–water partition coefficient (Wildman–Crippen LogP) is 4.80. The molecule has 2 N–H and O–H groups in total. The minimum absolute atomic E-state index is 0.0504. The monoisotopic (exact) mass is 496 g/mol. The topological polar surface area (TPSA) is 85.9 Å². The van der Waals surface area contributed by atoms with Crippen molar-refractivity contribution in [3.8, 4) is 0 Å². The third-order valence-corrected chi connectivity index (χ3v) is 6.73. The number of carbonyl (C=O) groups is 2. The fraction of sp³-hybridized carbons (Fsp3) is 0.200. The molecule has 3 aromatic carbocycles. The van der Waals surface area contributed by atoms with Crippen molar-refractivity contribution in [2.24, 2.45) is 0 Å². The second-order valence-corrected chi connectivity index (χ2v) is 8.96. The van der Waals surface area contributed by atoms with Crippen LogP contribution in [-0.4, -0.2) is 43.9 Å². The molecule has 7 heteroatoms. The molecule has 2 bridgehead atoms. The molecule has 5 rings (SSSR count). The Morgan fingerprint density at radius 2 is 1.43 bits per heavy atom. The van der Waals surface area contributed by atoms with Crippen LogP contribution in [0.4, 0.5) is 17.1 Å². The lowest BCUT2D eigenvalue weighted by Gasteiger charge is -2.37. The maximum Gasteiger partial charge on any atom is 0.293 e. The van der Waals surface area contributed by atoms with Gasteiger partial charge in [0.15, 0.2) is 0 Å². The van der Waals surface area contributed by atoms with Crippen molar-refractivity contribution >= 4 is 30.0 Å². The van der Waals surface area contributed by atoms with Gasteiger partial charge in [0.05, 0.1) is 6.04 Å². The van der Waals surface area contributed by atoms with Gasteiger partial charge in [0.2, 0.25) is 0 Å². The summed E-state index contributed by atoms with van der Waals surface area (Å²) in [4.78, 5) is 22.0. The van der Waals surface area contributed by atoms with Gasteiger partial charge in [-0.3, -0.25) is 9.59 Å². The Hall–Kier alpha value is -4.36. The lowest BCUT2D eigenvalue weighted by atomic mass is 9.79. The molecule has 0 aliphatic carbocycles. The average molecular weight is 497 g/mol. The van der Waals surface area contributed by atoms with Crippen molar-refractivity contribution in [1.82, 2.24) is 0 Å². The third kappa shape index (κ3) is 5.27. The number of para-hydroxylation sites is 2. The van der Waals surface area contributed by atoms with Crippen LogP contribution in [0.3, 0.4) is 0 Å². The van der Waals surface area contributed by atoms with Crippen LogP contribution in [0.5, 0.6) is 0 Å². The van der Waals surface area contributed by atoms with Crippen LogP contribution in [-0.2, 0) is 30.2 Å². The van der Waals surface area contributed by atoms with E-state index in [9.17, 15) is 9.59 Å². The van der Waals surface area contributed by atoms with Gasteiger partial charge >= 0.3 is 0 Å². The molecule has 3 unspecified atom stereocenters. The van der Waals surface area contributed by atoms with Gasteiger partial charge in [0.1, 0.15) is 24.9 Å². The first-order valence-corrected chi connectivity index (χ1v) is 12.1. The second-order valence-electron chi connectivity index (χ2n) is 8.96. The number of nitrogens with one attached hydrogen (secondary N) is 2. The fourth-order valence-corrected chi connectivity index (χ4v) is 5.02. The summed E-state index contributed by atoms with van der Waals surface area (Å²) in [5, 5.41) is 7.05. The van der Waals surface area contributed by atoms with Gasteiger partial charge in [-0.25, -0.2) is 0 Å². The Kier molecular flexibility index (Phi) is 7.33. The van der Waals surface area contributed by atoms with Crippen LogP contribution in [0, 0.1) is 0 Å². The van der Waals surface area contributed by atoms with Crippen LogP contribution in [0.15, 0.2) is 108 Å². The van der Waals surface area contributed by atoms with Gasteiger partial charge in [0, 0.05) is 28.2 Å². The molecule has 37 heavy (non-hydrogen) atoms. The zero-order valence-electron chi connectivity index (χ0n) is 20.2. The van der Waals surface area contributed by atoms with Gasteiger partial charge in [-0.1, -0.05) is 54.6 Å². The van der Waals surface area contributed by atoms with E-state index in [2.05, 4.69) is 34.9 Å². The minimum atomic E-state index is -0.869. The molecular weight excluding hydrogens is 468 g/mol. The van der Waals surface area contributed by atoms with Crippen molar-refractivity contribution in [2.45, 2.75) is 24.2 Å². The lowest BCUT2D eigenvalue weighted by Crippen LogP contribution is -2.48. The van der Waals surface area contributed by atoms with E-state index in [-0.39, 0.29) is 25.4 Å². The molecular formula is C30H28N2O5. The molecule has 2 aliphatic rings. The summed E-state index contributed by atoms with van der Waals surface area (Å²) in [6, 6.07) is 28.0. The van der Waals surface area contributed by atoms with Gasteiger partial charge in [-0.15, -0.1) is 0 Å². The number of anilines is 3. The number of benzene rings is 3. The molecule has 3 aromatic rings. The Labute approximate surface area is 215 Å². The molecule has 2 aliphatic heterocycles. The highest BCUT2D eigenvalue weighted by Crippen LogP contribution is 2.47.